The maximum absolute atomic E-state index is 8.94. The van der Waals surface area contributed by atoms with Crippen LogP contribution in [-0.4, -0.2) is 12.5 Å². The van der Waals surface area contributed by atoms with Crippen molar-refractivity contribution in [2.45, 2.75) is 12.8 Å². The summed E-state index contributed by atoms with van der Waals surface area (Å²) in [5, 5.41) is 8.94. The van der Waals surface area contributed by atoms with Crippen molar-refractivity contribution in [2.24, 2.45) is 0 Å². The van der Waals surface area contributed by atoms with Gasteiger partial charge in [0.25, 0.3) is 0 Å². The number of aryl methyl sites for hydroxylation is 2. The zero-order valence-corrected chi connectivity index (χ0v) is 9.26. The Labute approximate surface area is 97.0 Å². The lowest BCUT2D eigenvalue weighted by Crippen LogP contribution is -2.12. The summed E-state index contributed by atoms with van der Waals surface area (Å²) in [5.74, 6) is 0. The minimum atomic E-state index is 0.124. The van der Waals surface area contributed by atoms with Gasteiger partial charge in [-0.3, -0.25) is 0 Å². The molecule has 0 aliphatic heterocycles. The minimum Gasteiger partial charge on any atom is -0.449 e. The summed E-state index contributed by atoms with van der Waals surface area (Å²) in [4.78, 5) is 0. The number of benzene rings is 2. The van der Waals surface area contributed by atoms with Gasteiger partial charge in [-0.05, 0) is 24.0 Å². The van der Waals surface area contributed by atoms with Crippen LogP contribution in [-0.2, 0) is 12.8 Å². The Morgan fingerprint density at radius 3 is 1.88 bits per heavy atom. The van der Waals surface area contributed by atoms with E-state index in [0.717, 1.165) is 18.3 Å². The maximum Gasteiger partial charge on any atom is 0.304 e. The molecule has 0 spiro atoms. The lowest BCUT2D eigenvalue weighted by Gasteiger charge is -2.02. The quantitative estimate of drug-likeness (QED) is 0.757. The number of hydrogen-bond donors (Lipinski definition) is 1. The highest BCUT2D eigenvalue weighted by Gasteiger charge is 1.96. The average Bonchev–Trinajstić information content (AvgIpc) is 2.38. The zero-order chi connectivity index (χ0) is 11.2. The van der Waals surface area contributed by atoms with Gasteiger partial charge in [-0.25, -0.2) is 0 Å². The Morgan fingerprint density at radius 1 is 0.750 bits per heavy atom. The molecule has 2 aromatic rings. The molecule has 0 amide bonds. The highest BCUT2D eigenvalue weighted by molar-refractivity contribution is 6.45. The summed E-state index contributed by atoms with van der Waals surface area (Å²) in [5.41, 5.74) is 3.67. The summed E-state index contributed by atoms with van der Waals surface area (Å²) >= 11 is 0. The van der Waals surface area contributed by atoms with Crippen LogP contribution in [0.2, 0.25) is 0 Å². The molecule has 0 saturated heterocycles. The molecule has 0 aliphatic carbocycles. The van der Waals surface area contributed by atoms with Crippen LogP contribution in [0.3, 0.4) is 0 Å². The fourth-order valence-corrected chi connectivity index (χ4v) is 1.74. The third-order valence-corrected chi connectivity index (χ3v) is 2.75. The highest BCUT2D eigenvalue weighted by Crippen LogP contribution is 2.05. The SMILES string of the molecule is OBc1ccc(CCc2ccccc2)cc1. The fraction of sp³-hybridized carbons (Fsp3) is 0.143. The molecular weight excluding hydrogens is 195 g/mol. The first-order valence-corrected chi connectivity index (χ1v) is 5.61. The van der Waals surface area contributed by atoms with Crippen molar-refractivity contribution in [3.8, 4) is 0 Å². The second kappa shape index (κ2) is 5.52. The van der Waals surface area contributed by atoms with Gasteiger partial charge in [0, 0.05) is 0 Å². The van der Waals surface area contributed by atoms with Gasteiger partial charge in [-0.1, -0.05) is 60.1 Å². The molecule has 0 bridgehead atoms. The molecule has 1 N–H and O–H groups in total. The third kappa shape index (κ3) is 2.98. The maximum atomic E-state index is 8.94. The van der Waals surface area contributed by atoms with Gasteiger partial charge in [-0.2, -0.15) is 0 Å². The Balaban J connectivity index is 1.94. The van der Waals surface area contributed by atoms with E-state index in [-0.39, 0.29) is 7.48 Å². The van der Waals surface area contributed by atoms with Crippen LogP contribution >= 0.6 is 0 Å². The zero-order valence-electron chi connectivity index (χ0n) is 9.26. The molecule has 2 rings (SSSR count). The molecule has 0 radical (unpaired) electrons. The van der Waals surface area contributed by atoms with E-state index in [1.165, 1.54) is 11.1 Å². The van der Waals surface area contributed by atoms with Crippen molar-refractivity contribution in [3.63, 3.8) is 0 Å². The van der Waals surface area contributed by atoms with Crippen LogP contribution in [0.25, 0.3) is 0 Å². The Hall–Kier alpha value is -1.54. The molecular formula is C14H15BO. The number of hydrogen-bond acceptors (Lipinski definition) is 1. The van der Waals surface area contributed by atoms with Crippen molar-refractivity contribution in [1.82, 2.24) is 0 Å². The topological polar surface area (TPSA) is 20.2 Å². The van der Waals surface area contributed by atoms with Crippen LogP contribution in [0.4, 0.5) is 0 Å². The predicted molar refractivity (Wildman–Crippen MR) is 69.3 cm³/mol. The average molecular weight is 210 g/mol. The molecule has 0 unspecified atom stereocenters. The van der Waals surface area contributed by atoms with Crippen LogP contribution in [0.1, 0.15) is 11.1 Å². The Kier molecular flexibility index (Phi) is 3.78. The summed E-state index contributed by atoms with van der Waals surface area (Å²) in [6, 6.07) is 18.7. The molecule has 2 heteroatoms. The molecule has 2 aromatic carbocycles. The lowest BCUT2D eigenvalue weighted by molar-refractivity contribution is 0.615. The Bertz CT molecular complexity index is 422. The van der Waals surface area contributed by atoms with Gasteiger partial charge in [0.2, 0.25) is 0 Å². The second-order valence-corrected chi connectivity index (χ2v) is 3.96. The smallest absolute Gasteiger partial charge is 0.304 e. The molecule has 0 atom stereocenters. The van der Waals surface area contributed by atoms with Gasteiger partial charge in [0.15, 0.2) is 0 Å². The largest absolute Gasteiger partial charge is 0.449 e. The van der Waals surface area contributed by atoms with E-state index in [9.17, 15) is 0 Å². The van der Waals surface area contributed by atoms with Crippen LogP contribution in [0.5, 0.6) is 0 Å². The summed E-state index contributed by atoms with van der Waals surface area (Å²) < 4.78 is 0. The first kappa shape index (κ1) is 11.0. The molecule has 80 valence electrons. The lowest BCUT2D eigenvalue weighted by atomic mass is 9.88. The van der Waals surface area contributed by atoms with Crippen LogP contribution < -0.4 is 5.46 Å². The first-order chi connectivity index (χ1) is 7.88. The van der Waals surface area contributed by atoms with Crippen molar-refractivity contribution >= 4 is 12.9 Å². The van der Waals surface area contributed by atoms with E-state index in [1.807, 2.05) is 18.2 Å². The summed E-state index contributed by atoms with van der Waals surface area (Å²) in [6.07, 6.45) is 2.12. The predicted octanol–water partition coefficient (Wildman–Crippen LogP) is 1.44. The van der Waals surface area contributed by atoms with E-state index in [0.29, 0.717) is 0 Å². The van der Waals surface area contributed by atoms with Crippen LogP contribution in [0.15, 0.2) is 54.6 Å². The first-order valence-electron chi connectivity index (χ1n) is 5.61. The monoisotopic (exact) mass is 210 g/mol. The van der Waals surface area contributed by atoms with Crippen molar-refractivity contribution < 1.29 is 5.02 Å². The molecule has 0 heterocycles. The molecule has 16 heavy (non-hydrogen) atoms. The summed E-state index contributed by atoms with van der Waals surface area (Å²) in [6.45, 7) is 0. The molecule has 0 aromatic heterocycles. The van der Waals surface area contributed by atoms with Crippen molar-refractivity contribution in [1.29, 1.82) is 0 Å². The third-order valence-electron chi connectivity index (χ3n) is 2.75. The van der Waals surface area contributed by atoms with Gasteiger partial charge in [0.05, 0.1) is 0 Å². The van der Waals surface area contributed by atoms with E-state index in [4.69, 9.17) is 5.02 Å². The Morgan fingerprint density at radius 2 is 1.31 bits per heavy atom. The normalized spacial score (nSPS) is 10.1. The standard InChI is InChI=1S/C14H15BO/c16-15-14-10-8-13(9-11-14)7-6-12-4-2-1-3-5-12/h1-5,8-11,15-16H,6-7H2. The van der Waals surface area contributed by atoms with Gasteiger partial charge < -0.3 is 5.02 Å². The molecule has 0 fully saturated rings. The van der Waals surface area contributed by atoms with Gasteiger partial charge in [0.1, 0.15) is 0 Å². The molecule has 1 nitrogen and oxygen atoms in total. The van der Waals surface area contributed by atoms with E-state index in [2.05, 4.69) is 36.4 Å². The second-order valence-electron chi connectivity index (χ2n) is 3.96. The van der Waals surface area contributed by atoms with E-state index < -0.39 is 0 Å². The van der Waals surface area contributed by atoms with Gasteiger partial charge in [-0.15, -0.1) is 0 Å². The van der Waals surface area contributed by atoms with E-state index in [1.54, 1.807) is 0 Å². The van der Waals surface area contributed by atoms with Crippen LogP contribution in [0, 0.1) is 0 Å². The van der Waals surface area contributed by atoms with E-state index >= 15 is 0 Å². The molecule has 0 aliphatic rings. The fourth-order valence-electron chi connectivity index (χ4n) is 1.74. The van der Waals surface area contributed by atoms with Crippen molar-refractivity contribution in [2.75, 3.05) is 0 Å². The highest BCUT2D eigenvalue weighted by atomic mass is 16.2. The summed E-state index contributed by atoms with van der Waals surface area (Å²) in [7, 11) is 0.124. The minimum absolute atomic E-state index is 0.124. The van der Waals surface area contributed by atoms with Gasteiger partial charge >= 0.3 is 7.48 Å². The molecule has 0 saturated carbocycles. The number of rotatable bonds is 4. The van der Waals surface area contributed by atoms with Crippen molar-refractivity contribution in [3.05, 3.63) is 65.7 Å².